The van der Waals surface area contributed by atoms with E-state index in [0.29, 0.717) is 29.3 Å². The van der Waals surface area contributed by atoms with E-state index in [2.05, 4.69) is 4.99 Å². The van der Waals surface area contributed by atoms with Crippen LogP contribution in [-0.4, -0.2) is 28.6 Å². The van der Waals surface area contributed by atoms with Crippen LogP contribution in [0.2, 0.25) is 0 Å². The Labute approximate surface area is 134 Å². The molecule has 0 bridgehead atoms. The van der Waals surface area contributed by atoms with Crippen molar-refractivity contribution in [3.8, 4) is 0 Å². The Kier molecular flexibility index (Phi) is 4.11. The van der Waals surface area contributed by atoms with E-state index in [0.717, 1.165) is 5.52 Å². The molecule has 9 heteroatoms. The fourth-order valence-corrected chi connectivity index (χ4v) is 3.31. The van der Waals surface area contributed by atoms with Crippen LogP contribution < -0.4 is 4.80 Å². The number of aryl methyl sites for hydroxylation is 1. The number of non-ortho nitro benzene ring substituents is 1. The Balaban J connectivity index is 2.09. The summed E-state index contributed by atoms with van der Waals surface area (Å²) in [6.45, 7) is 3.20. The lowest BCUT2D eigenvalue weighted by atomic mass is 10.3. The number of carbonyl (C=O) groups excluding carboxylic acids is 1. The van der Waals surface area contributed by atoms with Crippen LogP contribution in [0.15, 0.2) is 35.2 Å². The number of amides is 1. The van der Waals surface area contributed by atoms with Gasteiger partial charge in [-0.1, -0.05) is 11.3 Å². The summed E-state index contributed by atoms with van der Waals surface area (Å²) in [5.74, 6) is -0.477. The smallest absolute Gasteiger partial charge is 0.317 e. The summed E-state index contributed by atoms with van der Waals surface area (Å²) in [4.78, 5) is 27.1. The van der Waals surface area contributed by atoms with Crippen molar-refractivity contribution in [2.75, 3.05) is 13.2 Å². The van der Waals surface area contributed by atoms with Gasteiger partial charge in [-0.2, -0.15) is 4.99 Å². The number of hydrogen-bond donors (Lipinski definition) is 0. The van der Waals surface area contributed by atoms with E-state index in [9.17, 15) is 14.9 Å². The molecule has 120 valence electrons. The summed E-state index contributed by atoms with van der Waals surface area (Å²) in [5.41, 5.74) is 0.802. The highest BCUT2D eigenvalue weighted by Crippen LogP contribution is 2.23. The number of carbonyl (C=O) groups is 1. The van der Waals surface area contributed by atoms with E-state index in [-0.39, 0.29) is 11.4 Å². The molecule has 1 aliphatic rings. The predicted molar refractivity (Wildman–Crippen MR) is 82.7 cm³/mol. The molecule has 0 saturated carbocycles. The number of hydrogen-bond acceptors (Lipinski definition) is 6. The minimum Gasteiger partial charge on any atom is -0.494 e. The van der Waals surface area contributed by atoms with Gasteiger partial charge in [0.25, 0.3) is 5.69 Å². The fourth-order valence-electron chi connectivity index (χ4n) is 2.19. The second kappa shape index (κ2) is 6.21. The Morgan fingerprint density at radius 3 is 2.96 bits per heavy atom. The number of thiazole rings is 1. The number of nitro groups is 1. The first kappa shape index (κ1) is 15.2. The molecule has 0 saturated heterocycles. The van der Waals surface area contributed by atoms with Gasteiger partial charge in [0.1, 0.15) is 19.5 Å². The monoisotopic (exact) mass is 335 g/mol. The van der Waals surface area contributed by atoms with Crippen LogP contribution in [0.1, 0.15) is 6.92 Å². The van der Waals surface area contributed by atoms with Crippen molar-refractivity contribution >= 4 is 33.1 Å². The SMILES string of the molecule is CCn1c(=NC(=O)C2=COCCO2)sc2cc([N+](=O)[O-])ccc21. The first-order valence-corrected chi connectivity index (χ1v) is 7.73. The highest BCUT2D eigenvalue weighted by Gasteiger charge is 2.16. The van der Waals surface area contributed by atoms with Crippen LogP contribution in [0, 0.1) is 10.1 Å². The topological polar surface area (TPSA) is 96.0 Å². The molecule has 0 atom stereocenters. The zero-order valence-electron chi connectivity index (χ0n) is 12.2. The molecule has 2 heterocycles. The number of benzene rings is 1. The lowest BCUT2D eigenvalue weighted by molar-refractivity contribution is -0.384. The van der Waals surface area contributed by atoms with Gasteiger partial charge in [0.05, 0.1) is 15.1 Å². The zero-order valence-corrected chi connectivity index (χ0v) is 13.0. The van der Waals surface area contributed by atoms with Crippen LogP contribution in [0.4, 0.5) is 5.69 Å². The molecule has 0 radical (unpaired) electrons. The van der Waals surface area contributed by atoms with Crippen LogP contribution in [0.25, 0.3) is 10.2 Å². The van der Waals surface area contributed by atoms with Crippen molar-refractivity contribution in [1.29, 1.82) is 0 Å². The van der Waals surface area contributed by atoms with Crippen molar-refractivity contribution < 1.29 is 19.2 Å². The molecular weight excluding hydrogens is 322 g/mol. The summed E-state index contributed by atoms with van der Waals surface area (Å²) in [6.07, 6.45) is 1.25. The molecule has 2 aromatic rings. The molecule has 0 spiro atoms. The molecule has 1 aliphatic heterocycles. The maximum atomic E-state index is 12.1. The van der Waals surface area contributed by atoms with Gasteiger partial charge in [0.15, 0.2) is 4.80 Å². The Bertz CT molecular complexity index is 880. The van der Waals surface area contributed by atoms with Gasteiger partial charge in [-0.05, 0) is 13.0 Å². The van der Waals surface area contributed by atoms with E-state index in [1.165, 1.54) is 29.7 Å². The van der Waals surface area contributed by atoms with Crippen molar-refractivity contribution in [1.82, 2.24) is 4.57 Å². The van der Waals surface area contributed by atoms with Gasteiger partial charge in [0, 0.05) is 18.7 Å². The third kappa shape index (κ3) is 2.95. The highest BCUT2D eigenvalue weighted by molar-refractivity contribution is 7.16. The van der Waals surface area contributed by atoms with E-state index in [1.54, 1.807) is 6.07 Å². The van der Waals surface area contributed by atoms with Gasteiger partial charge in [-0.15, -0.1) is 0 Å². The van der Waals surface area contributed by atoms with Crippen LogP contribution in [-0.2, 0) is 20.8 Å². The maximum Gasteiger partial charge on any atom is 0.317 e. The van der Waals surface area contributed by atoms with Gasteiger partial charge >= 0.3 is 5.91 Å². The Morgan fingerprint density at radius 2 is 2.30 bits per heavy atom. The molecule has 0 fully saturated rings. The van der Waals surface area contributed by atoms with Gasteiger partial charge in [-0.25, -0.2) is 0 Å². The van der Waals surface area contributed by atoms with Gasteiger partial charge < -0.3 is 14.0 Å². The number of fused-ring (bicyclic) bond motifs is 1. The third-order valence-electron chi connectivity index (χ3n) is 3.25. The van der Waals surface area contributed by atoms with Crippen molar-refractivity contribution in [2.24, 2.45) is 4.99 Å². The molecule has 1 aromatic carbocycles. The molecule has 1 aromatic heterocycles. The van der Waals surface area contributed by atoms with E-state index >= 15 is 0 Å². The van der Waals surface area contributed by atoms with Crippen molar-refractivity contribution in [2.45, 2.75) is 13.5 Å². The molecule has 8 nitrogen and oxygen atoms in total. The number of rotatable bonds is 3. The average molecular weight is 335 g/mol. The molecule has 0 unspecified atom stereocenters. The highest BCUT2D eigenvalue weighted by atomic mass is 32.1. The minimum atomic E-state index is -0.534. The molecular formula is C14H13N3O5S. The van der Waals surface area contributed by atoms with Gasteiger partial charge in [-0.3, -0.25) is 14.9 Å². The molecule has 23 heavy (non-hydrogen) atoms. The normalized spacial score (nSPS) is 15.0. The number of aromatic nitrogens is 1. The fraction of sp³-hybridized carbons (Fsp3) is 0.286. The second-order valence-corrected chi connectivity index (χ2v) is 5.67. The first-order valence-electron chi connectivity index (χ1n) is 6.91. The standard InChI is InChI=1S/C14H13N3O5S/c1-2-16-10-4-3-9(17(19)20)7-12(10)23-14(16)15-13(18)11-8-21-5-6-22-11/h3-4,7-8H,2,5-6H2,1H3. The Morgan fingerprint density at radius 1 is 1.48 bits per heavy atom. The number of ether oxygens (including phenoxy) is 2. The second-order valence-electron chi connectivity index (χ2n) is 4.66. The lowest BCUT2D eigenvalue weighted by Gasteiger charge is -2.12. The summed E-state index contributed by atoms with van der Waals surface area (Å²) in [7, 11) is 0. The lowest BCUT2D eigenvalue weighted by Crippen LogP contribution is -2.19. The predicted octanol–water partition coefficient (Wildman–Crippen LogP) is 1.95. The zero-order chi connectivity index (χ0) is 16.4. The Hall–Kier alpha value is -2.68. The number of nitrogens with zero attached hydrogens (tertiary/aromatic N) is 3. The van der Waals surface area contributed by atoms with Gasteiger partial charge in [0.2, 0.25) is 5.76 Å². The van der Waals surface area contributed by atoms with E-state index < -0.39 is 10.8 Å². The number of nitro benzene ring substituents is 1. The average Bonchev–Trinajstić information content (AvgIpc) is 2.91. The summed E-state index contributed by atoms with van der Waals surface area (Å²) >= 11 is 1.22. The molecule has 0 aliphatic carbocycles. The van der Waals surface area contributed by atoms with E-state index in [1.807, 2.05) is 11.5 Å². The minimum absolute atomic E-state index is 0.00611. The summed E-state index contributed by atoms with van der Waals surface area (Å²) < 4.78 is 12.8. The summed E-state index contributed by atoms with van der Waals surface area (Å²) in [5, 5.41) is 10.9. The first-order chi connectivity index (χ1) is 11.1. The molecule has 1 amide bonds. The molecule has 3 rings (SSSR count). The molecule has 0 N–H and O–H groups in total. The largest absolute Gasteiger partial charge is 0.494 e. The quantitative estimate of drug-likeness (QED) is 0.631. The van der Waals surface area contributed by atoms with Crippen LogP contribution in [0.3, 0.4) is 0 Å². The van der Waals surface area contributed by atoms with E-state index in [4.69, 9.17) is 9.47 Å². The van der Waals surface area contributed by atoms with Crippen molar-refractivity contribution in [3.63, 3.8) is 0 Å². The van der Waals surface area contributed by atoms with Crippen LogP contribution in [0.5, 0.6) is 0 Å². The van der Waals surface area contributed by atoms with Crippen molar-refractivity contribution in [3.05, 3.63) is 45.1 Å². The maximum absolute atomic E-state index is 12.1. The van der Waals surface area contributed by atoms with Crippen LogP contribution >= 0.6 is 11.3 Å². The third-order valence-corrected chi connectivity index (χ3v) is 4.29. The summed E-state index contributed by atoms with van der Waals surface area (Å²) in [6, 6.07) is 4.58.